The Kier molecular flexibility index (Phi) is 20.9. The molecule has 14 nitrogen and oxygen atoms in total. The molecule has 2 N–H and O–H groups in total. The number of ether oxygens (including phenoxy) is 2. The Balaban J connectivity index is 0.000000811. The minimum absolute atomic E-state index is 0.0764. The van der Waals surface area contributed by atoms with Crippen molar-refractivity contribution in [2.75, 3.05) is 46.9 Å². The highest BCUT2D eigenvalue weighted by molar-refractivity contribution is 5.96. The number of hydrogen-bond donors (Lipinski definition) is 2. The summed E-state index contributed by atoms with van der Waals surface area (Å²) in [7, 11) is 3.18. The molecule has 2 saturated heterocycles. The number of likely N-dealkylation sites (N-methyl/N-ethyl adjacent to an activating group) is 1. The summed E-state index contributed by atoms with van der Waals surface area (Å²) < 4.78 is 30.2. The molecular weight excluding hydrogens is 866 g/mol. The summed E-state index contributed by atoms with van der Waals surface area (Å²) in [5.41, 5.74) is 8.54. The average molecular weight is 940 g/mol. The van der Waals surface area contributed by atoms with Gasteiger partial charge >= 0.3 is 0 Å². The van der Waals surface area contributed by atoms with E-state index in [4.69, 9.17) is 14.5 Å². The Bertz CT molecular complexity index is 2330. The number of fused-ring (bicyclic) bond motifs is 1. The zero-order chi connectivity index (χ0) is 50.1. The first kappa shape index (κ1) is 54.7. The fourth-order valence-electron chi connectivity index (χ4n) is 9.04. The smallest absolute Gasteiger partial charge is 0.293 e. The SMILES string of the molecule is C=CC(=O)N1CCCC1.CC.CCn1c(-c2cccnc2C(C)OC)c(CC(C)(C)COC=O)c2cc(-c3cccc(CC(NC(=O)C(C(C)C)N(C)C=O)C(=O)N4CCCCN4)c3F)ccc21. The number of hydrogen-bond acceptors (Lipinski definition) is 9. The van der Waals surface area contributed by atoms with Crippen molar-refractivity contribution < 1.29 is 37.8 Å². The molecule has 2 aromatic heterocycles. The van der Waals surface area contributed by atoms with Crippen LogP contribution in [-0.4, -0.2) is 114 Å². The molecule has 0 spiro atoms. The largest absolute Gasteiger partial charge is 0.467 e. The summed E-state index contributed by atoms with van der Waals surface area (Å²) in [4.78, 5) is 69.2. The number of carbonyl (C=O) groups is 5. The Hall–Kier alpha value is -5.93. The van der Waals surface area contributed by atoms with Crippen LogP contribution in [0.3, 0.4) is 0 Å². The van der Waals surface area contributed by atoms with E-state index in [1.54, 1.807) is 31.5 Å². The third kappa shape index (κ3) is 13.4. The molecule has 2 fully saturated rings. The molecule has 3 unspecified atom stereocenters. The van der Waals surface area contributed by atoms with Gasteiger partial charge in [-0.2, -0.15) is 0 Å². The number of nitrogens with zero attached hydrogens (tertiary/aromatic N) is 5. The first-order valence-corrected chi connectivity index (χ1v) is 24.0. The lowest BCUT2D eigenvalue weighted by Gasteiger charge is -2.33. The highest BCUT2D eigenvalue weighted by atomic mass is 19.1. The number of aryl methyl sites for hydroxylation is 1. The molecule has 0 bridgehead atoms. The minimum Gasteiger partial charge on any atom is -0.467 e. The number of hydrazine groups is 1. The van der Waals surface area contributed by atoms with E-state index in [0.29, 0.717) is 50.1 Å². The Morgan fingerprint density at radius 2 is 1.69 bits per heavy atom. The molecule has 15 heteroatoms. The monoisotopic (exact) mass is 940 g/mol. The lowest BCUT2D eigenvalue weighted by Crippen LogP contribution is -2.59. The van der Waals surface area contributed by atoms with E-state index < -0.39 is 29.2 Å². The molecule has 3 atom stereocenters. The van der Waals surface area contributed by atoms with Crippen molar-refractivity contribution in [1.82, 2.24) is 35.1 Å². The summed E-state index contributed by atoms with van der Waals surface area (Å²) in [5, 5.41) is 5.29. The molecule has 4 aromatic rings. The predicted octanol–water partition coefficient (Wildman–Crippen LogP) is 8.07. The van der Waals surface area contributed by atoms with Crippen LogP contribution in [-0.2, 0) is 52.8 Å². The highest BCUT2D eigenvalue weighted by Gasteiger charge is 2.34. The number of nitrogens with one attached hydrogen (secondary N) is 2. The number of methoxy groups -OCH3 is 1. The van der Waals surface area contributed by atoms with Crippen LogP contribution >= 0.6 is 0 Å². The fraction of sp³-hybridized carbons (Fsp3) is 0.509. The molecule has 2 aromatic carbocycles. The molecule has 4 amide bonds. The van der Waals surface area contributed by atoms with Crippen LogP contribution in [0.5, 0.6) is 0 Å². The van der Waals surface area contributed by atoms with Gasteiger partial charge in [0.1, 0.15) is 17.9 Å². The molecule has 2 aliphatic heterocycles. The number of benzene rings is 2. The van der Waals surface area contributed by atoms with Crippen LogP contribution in [0.15, 0.2) is 67.4 Å². The van der Waals surface area contributed by atoms with Gasteiger partial charge in [0, 0.05) is 86.9 Å². The summed E-state index contributed by atoms with van der Waals surface area (Å²) in [6, 6.07) is 13.0. The van der Waals surface area contributed by atoms with Crippen LogP contribution in [0, 0.1) is 17.2 Å². The highest BCUT2D eigenvalue weighted by Crippen LogP contribution is 2.42. The van der Waals surface area contributed by atoms with Gasteiger partial charge in [0.15, 0.2) is 0 Å². The number of rotatable bonds is 19. The number of aromatic nitrogens is 2. The van der Waals surface area contributed by atoms with Crippen molar-refractivity contribution in [1.29, 1.82) is 0 Å². The average Bonchev–Trinajstić information content (AvgIpc) is 4.00. The van der Waals surface area contributed by atoms with E-state index in [-0.39, 0.29) is 42.4 Å². The van der Waals surface area contributed by atoms with Crippen molar-refractivity contribution in [3.8, 4) is 22.4 Å². The zero-order valence-corrected chi connectivity index (χ0v) is 41.9. The molecule has 4 heterocycles. The zero-order valence-electron chi connectivity index (χ0n) is 41.9. The minimum atomic E-state index is -1.09. The first-order valence-electron chi connectivity index (χ1n) is 24.0. The number of pyridine rings is 1. The van der Waals surface area contributed by atoms with Gasteiger partial charge in [-0.25, -0.2) is 9.82 Å². The van der Waals surface area contributed by atoms with Crippen molar-refractivity contribution in [3.63, 3.8) is 0 Å². The normalized spacial score (nSPS) is 15.0. The van der Waals surface area contributed by atoms with Gasteiger partial charge in [-0.05, 0) is 98.9 Å². The number of carbonyl (C=O) groups excluding carboxylic acids is 5. The Labute approximate surface area is 402 Å². The van der Waals surface area contributed by atoms with E-state index >= 15 is 4.39 Å². The topological polar surface area (TPSA) is 155 Å². The van der Waals surface area contributed by atoms with Gasteiger partial charge in [-0.15, -0.1) is 0 Å². The van der Waals surface area contributed by atoms with Crippen molar-refractivity contribution in [2.45, 2.75) is 119 Å². The molecule has 2 aliphatic rings. The maximum Gasteiger partial charge on any atom is 0.293 e. The molecule has 370 valence electrons. The molecule has 0 radical (unpaired) electrons. The van der Waals surface area contributed by atoms with Gasteiger partial charge in [0.25, 0.3) is 12.4 Å². The third-order valence-electron chi connectivity index (χ3n) is 12.4. The van der Waals surface area contributed by atoms with E-state index in [1.807, 2.05) is 83.7 Å². The Morgan fingerprint density at radius 1 is 1.00 bits per heavy atom. The molecule has 68 heavy (non-hydrogen) atoms. The van der Waals surface area contributed by atoms with Gasteiger partial charge in [-0.3, -0.25) is 34.0 Å². The third-order valence-corrected chi connectivity index (χ3v) is 12.4. The summed E-state index contributed by atoms with van der Waals surface area (Å²) >= 11 is 0. The van der Waals surface area contributed by atoms with E-state index in [9.17, 15) is 24.0 Å². The predicted molar refractivity (Wildman–Crippen MR) is 266 cm³/mol. The molecular formula is C53H74FN7O7. The van der Waals surface area contributed by atoms with Crippen LogP contribution in [0.25, 0.3) is 33.3 Å². The van der Waals surface area contributed by atoms with Crippen molar-refractivity contribution in [2.24, 2.45) is 11.3 Å². The van der Waals surface area contributed by atoms with E-state index in [0.717, 1.165) is 72.2 Å². The van der Waals surface area contributed by atoms with Crippen molar-refractivity contribution in [3.05, 3.63) is 90.0 Å². The maximum atomic E-state index is 17.0. The fourth-order valence-corrected chi connectivity index (χ4v) is 9.04. The maximum absolute atomic E-state index is 17.0. The van der Waals surface area contributed by atoms with Crippen molar-refractivity contribution >= 4 is 41.5 Å². The molecule has 6 rings (SSSR count). The second-order valence-corrected chi connectivity index (χ2v) is 18.2. The second kappa shape index (κ2) is 26.0. The molecule has 0 saturated carbocycles. The second-order valence-electron chi connectivity index (χ2n) is 18.2. The number of halogens is 1. The van der Waals surface area contributed by atoms with E-state index in [1.165, 1.54) is 23.0 Å². The lowest BCUT2D eigenvalue weighted by molar-refractivity contribution is -0.142. The summed E-state index contributed by atoms with van der Waals surface area (Å²) in [5.74, 6) is -1.52. The van der Waals surface area contributed by atoms with Gasteiger partial charge < -0.3 is 29.2 Å². The number of likely N-dealkylation sites (tertiary alicyclic amines) is 1. The van der Waals surface area contributed by atoms with Gasteiger partial charge in [0.2, 0.25) is 18.2 Å². The van der Waals surface area contributed by atoms with Crippen LogP contribution in [0.1, 0.15) is 104 Å². The summed E-state index contributed by atoms with van der Waals surface area (Å²) in [6.45, 7) is 23.4. The van der Waals surface area contributed by atoms with Crippen LogP contribution < -0.4 is 10.7 Å². The van der Waals surface area contributed by atoms with E-state index in [2.05, 4.69) is 28.8 Å². The Morgan fingerprint density at radius 3 is 2.29 bits per heavy atom. The standard InChI is InChI=1S/C44H57FN6O6.C7H11NO.C2H6/c1-9-50-37-18-17-30(22-34(37)35(24-44(5,6)25-57-27-53)41(50)33-16-13-19-46-39(33)29(4)56-8)32-15-12-14-31(38(32)45)23-36(43(55)51-21-11-10-20-47-51)48-42(54)40(28(2)3)49(7)26-52;1-2-7(9)8-5-3-4-6-8;1-2/h12-19,22,26-29,36,40,47H,9-11,20-21,23-25H2,1-8H3,(H,48,54);2H,1,3-6H2;1-2H3. The van der Waals surface area contributed by atoms with Gasteiger partial charge in [-0.1, -0.05) is 72.4 Å². The number of amides is 4. The lowest BCUT2D eigenvalue weighted by atomic mass is 9.84. The summed E-state index contributed by atoms with van der Waals surface area (Å²) in [6.07, 6.45) is 7.88. The quantitative estimate of drug-likeness (QED) is 0.0702. The van der Waals surface area contributed by atoms with Gasteiger partial charge in [0.05, 0.1) is 24.1 Å². The first-order chi connectivity index (χ1) is 32.6. The van der Waals surface area contributed by atoms with Crippen LogP contribution in [0.4, 0.5) is 4.39 Å². The molecule has 0 aliphatic carbocycles. The van der Waals surface area contributed by atoms with Crippen LogP contribution in [0.2, 0.25) is 0 Å².